The van der Waals surface area contributed by atoms with E-state index in [0.29, 0.717) is 11.1 Å². The van der Waals surface area contributed by atoms with Crippen molar-refractivity contribution in [2.45, 2.75) is 117 Å². The van der Waals surface area contributed by atoms with Crippen molar-refractivity contribution in [1.29, 1.82) is 0 Å². The molecule has 0 aliphatic carbocycles. The second kappa shape index (κ2) is 21.5. The highest BCUT2D eigenvalue weighted by Gasteiger charge is 2.34. The number of carbonyl (C=O) groups is 6. The van der Waals surface area contributed by atoms with Gasteiger partial charge in [0.05, 0.1) is 18.9 Å². The van der Waals surface area contributed by atoms with Crippen LogP contribution in [0.1, 0.15) is 79.4 Å². The van der Waals surface area contributed by atoms with Gasteiger partial charge >= 0.3 is 18.0 Å². The van der Waals surface area contributed by atoms with Gasteiger partial charge in [-0.1, -0.05) is 92.7 Å². The Hall–Kier alpha value is -5.77. The number of carbonyl (C=O) groups excluding carboxylic acids is 6. The first-order valence-electron chi connectivity index (χ1n) is 19.6. The van der Waals surface area contributed by atoms with Gasteiger partial charge in [0.25, 0.3) is 0 Å². The maximum atomic E-state index is 14.4. The van der Waals surface area contributed by atoms with Gasteiger partial charge in [0, 0.05) is 18.1 Å². The van der Waals surface area contributed by atoms with Gasteiger partial charge in [-0.15, -0.1) is 0 Å². The molecule has 16 heteroatoms. The van der Waals surface area contributed by atoms with Gasteiger partial charge in [-0.25, -0.2) is 13.2 Å². The molecule has 0 aliphatic heterocycles. The minimum Gasteiger partial charge on any atom is -0.460 e. The van der Waals surface area contributed by atoms with Crippen LogP contribution in [0.15, 0.2) is 84.3 Å². The van der Waals surface area contributed by atoms with E-state index >= 15 is 0 Å². The molecule has 0 saturated heterocycles. The number of benzene rings is 3. The molecule has 0 spiro atoms. The van der Waals surface area contributed by atoms with Crippen LogP contribution in [-0.4, -0.2) is 85.8 Å². The highest BCUT2D eigenvalue weighted by atomic mass is 32.2. The molecule has 0 unspecified atom stereocenters. The van der Waals surface area contributed by atoms with Crippen LogP contribution >= 0.6 is 0 Å². The Balaban J connectivity index is 1.96. The van der Waals surface area contributed by atoms with Crippen molar-refractivity contribution in [3.8, 4) is 0 Å². The molecular weight excluding hydrogens is 793 g/mol. The van der Waals surface area contributed by atoms with E-state index in [2.05, 4.69) is 21.3 Å². The standard InChI is InChI=1S/C44H58N4O11S/c1-28(2)38(41(53)45-32(22-23-60(9,55)56)25-36(49)58-43(3,4)5)48-40(52)34(24-31-20-15-19-30-18-13-14-21-33(30)31)46-39(51)35(26-37(50)59-44(6,7)8)47-42(54)57-27-29-16-11-10-12-17-29/h10-23,28,32,34-35,38H,24-27H2,1-9H3,(H,45,53)(H,46,51)(H,47,54)(H,48,52)/b23-22+/t32-,34+,35+,38+/m1/s1. The minimum atomic E-state index is -3.65. The molecule has 60 heavy (non-hydrogen) atoms. The first-order chi connectivity index (χ1) is 27.9. The predicted octanol–water partition coefficient (Wildman–Crippen LogP) is 4.81. The lowest BCUT2D eigenvalue weighted by molar-refractivity contribution is -0.157. The molecular formula is C44H58N4O11S. The average Bonchev–Trinajstić information content (AvgIpc) is 3.13. The second-order valence-corrected chi connectivity index (χ2v) is 18.7. The van der Waals surface area contributed by atoms with Gasteiger partial charge < -0.3 is 35.5 Å². The summed E-state index contributed by atoms with van der Waals surface area (Å²) in [6, 6.07) is 16.4. The number of sulfone groups is 1. The Labute approximate surface area is 352 Å². The van der Waals surface area contributed by atoms with Crippen molar-refractivity contribution < 1.29 is 51.4 Å². The van der Waals surface area contributed by atoms with Crippen LogP contribution in [0.5, 0.6) is 0 Å². The summed E-state index contributed by atoms with van der Waals surface area (Å²) in [7, 11) is -3.65. The summed E-state index contributed by atoms with van der Waals surface area (Å²) >= 11 is 0. The lowest BCUT2D eigenvalue weighted by Crippen LogP contribution is -2.59. The summed E-state index contributed by atoms with van der Waals surface area (Å²) in [6.07, 6.45) is 0.0130. The quantitative estimate of drug-likeness (QED) is 0.101. The molecule has 0 saturated carbocycles. The number of amides is 4. The Kier molecular flexibility index (Phi) is 17.4. The molecule has 3 aromatic carbocycles. The molecule has 4 N–H and O–H groups in total. The van der Waals surface area contributed by atoms with Crippen LogP contribution in [0.3, 0.4) is 0 Å². The molecule has 0 aliphatic rings. The fourth-order valence-corrected chi connectivity index (χ4v) is 6.34. The summed E-state index contributed by atoms with van der Waals surface area (Å²) in [5.74, 6) is -4.50. The van der Waals surface area contributed by atoms with Crippen LogP contribution in [0, 0.1) is 5.92 Å². The van der Waals surface area contributed by atoms with Crippen molar-refractivity contribution in [1.82, 2.24) is 21.3 Å². The van der Waals surface area contributed by atoms with Crippen LogP contribution in [0.2, 0.25) is 0 Å². The summed E-state index contributed by atoms with van der Waals surface area (Å²) < 4.78 is 40.1. The molecule has 15 nitrogen and oxygen atoms in total. The molecule has 3 rings (SSSR count). The van der Waals surface area contributed by atoms with E-state index in [1.54, 1.807) is 97.9 Å². The van der Waals surface area contributed by atoms with Crippen molar-refractivity contribution in [3.63, 3.8) is 0 Å². The highest BCUT2D eigenvalue weighted by molar-refractivity contribution is 7.93. The van der Waals surface area contributed by atoms with Gasteiger partial charge in [0.15, 0.2) is 9.84 Å². The van der Waals surface area contributed by atoms with E-state index in [9.17, 15) is 37.2 Å². The normalized spacial score (nSPS) is 14.0. The van der Waals surface area contributed by atoms with Crippen LogP contribution in [0.25, 0.3) is 10.8 Å². The number of alkyl carbamates (subject to hydrolysis) is 1. The second-order valence-electron chi connectivity index (χ2n) is 16.7. The summed E-state index contributed by atoms with van der Waals surface area (Å²) in [5.41, 5.74) is -0.421. The van der Waals surface area contributed by atoms with Crippen LogP contribution in [-0.2, 0) is 61.0 Å². The Morgan fingerprint density at radius 2 is 1.23 bits per heavy atom. The van der Waals surface area contributed by atoms with Gasteiger partial charge in [-0.05, 0) is 69.4 Å². The molecule has 0 heterocycles. The fourth-order valence-electron chi connectivity index (χ4n) is 5.87. The fraction of sp³-hybridized carbons (Fsp3) is 0.455. The zero-order chi connectivity index (χ0) is 44.8. The molecule has 0 bridgehead atoms. The molecule has 3 aromatic rings. The van der Waals surface area contributed by atoms with Crippen molar-refractivity contribution in [2.75, 3.05) is 6.26 Å². The lowest BCUT2D eigenvalue weighted by atomic mass is 9.97. The summed E-state index contributed by atoms with van der Waals surface area (Å²) in [4.78, 5) is 81.1. The molecule has 4 atom stereocenters. The van der Waals surface area contributed by atoms with Crippen LogP contribution < -0.4 is 21.3 Å². The Morgan fingerprint density at radius 1 is 0.667 bits per heavy atom. The van der Waals surface area contributed by atoms with E-state index in [0.717, 1.165) is 28.5 Å². The number of ether oxygens (including phenoxy) is 3. The molecule has 4 amide bonds. The molecule has 0 fully saturated rings. The maximum Gasteiger partial charge on any atom is 0.408 e. The average molecular weight is 851 g/mol. The summed E-state index contributed by atoms with van der Waals surface area (Å²) in [5, 5.41) is 13.0. The highest BCUT2D eigenvalue weighted by Crippen LogP contribution is 2.21. The number of rotatable bonds is 18. The Bertz CT molecular complexity index is 2120. The topological polar surface area (TPSA) is 212 Å². The SMILES string of the molecule is CC(C)[C@H](NC(=O)[C@H](Cc1cccc2ccccc12)NC(=O)[C@H](CC(=O)OC(C)(C)C)NC(=O)OCc1ccccc1)C(=O)N[C@H](/C=C/S(C)(=O)=O)CC(=O)OC(C)(C)C. The minimum absolute atomic E-state index is 0.0820. The van der Waals surface area contributed by atoms with E-state index in [4.69, 9.17) is 14.2 Å². The largest absolute Gasteiger partial charge is 0.460 e. The molecule has 0 aromatic heterocycles. The van der Waals surface area contributed by atoms with Crippen molar-refractivity contribution >= 4 is 56.4 Å². The number of esters is 2. The van der Waals surface area contributed by atoms with Gasteiger partial charge in [-0.3, -0.25) is 24.0 Å². The zero-order valence-electron chi connectivity index (χ0n) is 35.7. The smallest absolute Gasteiger partial charge is 0.408 e. The van der Waals surface area contributed by atoms with E-state index < -0.39 is 99.7 Å². The number of hydrogen-bond acceptors (Lipinski definition) is 11. The van der Waals surface area contributed by atoms with E-state index in [1.165, 1.54) is 0 Å². The third-order valence-electron chi connectivity index (χ3n) is 8.49. The first kappa shape index (κ1) is 48.6. The number of hydrogen-bond donors (Lipinski definition) is 4. The molecule has 0 radical (unpaired) electrons. The Morgan fingerprint density at radius 3 is 1.83 bits per heavy atom. The van der Waals surface area contributed by atoms with Crippen molar-refractivity contribution in [3.05, 3.63) is 95.4 Å². The van der Waals surface area contributed by atoms with Gasteiger partial charge in [0.2, 0.25) is 17.7 Å². The maximum absolute atomic E-state index is 14.4. The van der Waals surface area contributed by atoms with Crippen LogP contribution in [0.4, 0.5) is 4.79 Å². The summed E-state index contributed by atoms with van der Waals surface area (Å²) in [6.45, 7) is 13.1. The van der Waals surface area contributed by atoms with Gasteiger partial charge in [0.1, 0.15) is 35.9 Å². The van der Waals surface area contributed by atoms with Crippen molar-refractivity contribution in [2.24, 2.45) is 5.92 Å². The van der Waals surface area contributed by atoms with E-state index in [1.807, 2.05) is 30.3 Å². The zero-order valence-corrected chi connectivity index (χ0v) is 36.5. The third-order valence-corrected chi connectivity index (χ3v) is 9.14. The third kappa shape index (κ3) is 17.6. The lowest BCUT2D eigenvalue weighted by Gasteiger charge is -2.28. The molecule has 326 valence electrons. The van der Waals surface area contributed by atoms with E-state index in [-0.39, 0.29) is 13.0 Å². The van der Waals surface area contributed by atoms with Gasteiger partial charge in [-0.2, -0.15) is 0 Å². The first-order valence-corrected chi connectivity index (χ1v) is 21.5. The number of fused-ring (bicyclic) bond motifs is 1. The predicted molar refractivity (Wildman–Crippen MR) is 227 cm³/mol. The monoisotopic (exact) mass is 850 g/mol. The number of nitrogens with one attached hydrogen (secondary N) is 4.